The molecular weight excluding hydrogens is 238 g/mol. The number of rotatable bonds is 3. The minimum Gasteiger partial charge on any atom is -0.491 e. The van der Waals surface area contributed by atoms with Crippen LogP contribution in [0.1, 0.15) is 6.92 Å². The first kappa shape index (κ1) is 12.8. The zero-order valence-electron chi connectivity index (χ0n) is 8.91. The molecule has 1 rings (SSSR count). The molecule has 0 aliphatic rings. The smallest absolute Gasteiger partial charge is 0.332 e. The first-order valence-electron chi connectivity index (χ1n) is 4.36. The van der Waals surface area contributed by atoms with Crippen LogP contribution in [0.4, 0.5) is 20.2 Å². The van der Waals surface area contributed by atoms with E-state index in [4.69, 9.17) is 0 Å². The molecule has 0 aromatic heterocycles. The van der Waals surface area contributed by atoms with Crippen molar-refractivity contribution in [1.82, 2.24) is 0 Å². The number of ether oxygens (including phenoxy) is 1. The summed E-state index contributed by atoms with van der Waals surface area (Å²) in [5.74, 6) is -4.16. The van der Waals surface area contributed by atoms with Gasteiger partial charge in [-0.3, -0.25) is 14.9 Å². The van der Waals surface area contributed by atoms with Gasteiger partial charge in [-0.05, 0) is 0 Å². The summed E-state index contributed by atoms with van der Waals surface area (Å²) in [6.07, 6.45) is 0. The maximum Gasteiger partial charge on any atom is 0.332 e. The van der Waals surface area contributed by atoms with Gasteiger partial charge in [0, 0.05) is 13.0 Å². The number of halogens is 2. The van der Waals surface area contributed by atoms with Gasteiger partial charge < -0.3 is 10.1 Å². The first-order chi connectivity index (χ1) is 7.88. The molecular formula is C9H8F2N2O4. The highest BCUT2D eigenvalue weighted by Gasteiger charge is 2.28. The van der Waals surface area contributed by atoms with Crippen molar-refractivity contribution in [3.05, 3.63) is 27.8 Å². The molecule has 8 heteroatoms. The van der Waals surface area contributed by atoms with E-state index in [9.17, 15) is 23.7 Å². The molecule has 0 aliphatic heterocycles. The van der Waals surface area contributed by atoms with E-state index >= 15 is 0 Å². The number of nitrogens with one attached hydrogen (secondary N) is 1. The van der Waals surface area contributed by atoms with Gasteiger partial charge in [0.25, 0.3) is 0 Å². The van der Waals surface area contributed by atoms with E-state index in [1.54, 1.807) is 0 Å². The van der Waals surface area contributed by atoms with E-state index in [0.29, 0.717) is 6.07 Å². The zero-order chi connectivity index (χ0) is 13.2. The van der Waals surface area contributed by atoms with Gasteiger partial charge in [-0.1, -0.05) is 0 Å². The van der Waals surface area contributed by atoms with Crippen LogP contribution < -0.4 is 10.1 Å². The number of nitro groups is 1. The summed E-state index contributed by atoms with van der Waals surface area (Å²) in [4.78, 5) is 20.3. The molecule has 6 nitrogen and oxygen atoms in total. The monoisotopic (exact) mass is 246 g/mol. The van der Waals surface area contributed by atoms with E-state index in [1.807, 2.05) is 5.32 Å². The molecule has 0 spiro atoms. The number of nitro benzene ring substituents is 1. The molecule has 1 aromatic rings. The quantitative estimate of drug-likeness (QED) is 0.651. The number of methoxy groups -OCH3 is 1. The Labute approximate surface area is 94.3 Å². The Morgan fingerprint density at radius 3 is 2.53 bits per heavy atom. The van der Waals surface area contributed by atoms with Crippen molar-refractivity contribution in [3.8, 4) is 5.75 Å². The van der Waals surface area contributed by atoms with Crippen LogP contribution in [-0.2, 0) is 4.79 Å². The highest BCUT2D eigenvalue weighted by atomic mass is 19.1. The fraction of sp³-hybridized carbons (Fsp3) is 0.222. The fourth-order valence-electron chi connectivity index (χ4n) is 1.24. The maximum absolute atomic E-state index is 13.5. The predicted molar refractivity (Wildman–Crippen MR) is 53.9 cm³/mol. The summed E-state index contributed by atoms with van der Waals surface area (Å²) in [5.41, 5.74) is -1.60. The third-order valence-corrected chi connectivity index (χ3v) is 1.85. The molecule has 1 N–H and O–H groups in total. The van der Waals surface area contributed by atoms with Gasteiger partial charge in [0.1, 0.15) is 5.69 Å². The third kappa shape index (κ3) is 2.47. The standard InChI is InChI=1S/C9H8F2N2O4/c1-4(14)12-6-3-5(10)9(17-2)7(11)8(6)13(15)16/h3H,1-2H3,(H,12,14). The Bertz CT molecular complexity index is 490. The zero-order valence-corrected chi connectivity index (χ0v) is 8.91. The molecule has 0 aliphatic carbocycles. The Hall–Kier alpha value is -2.25. The number of hydrogen-bond acceptors (Lipinski definition) is 4. The Balaban J connectivity index is 3.49. The number of hydrogen-bond donors (Lipinski definition) is 1. The lowest BCUT2D eigenvalue weighted by Gasteiger charge is -2.08. The summed E-state index contributed by atoms with van der Waals surface area (Å²) in [5, 5.41) is 12.6. The average Bonchev–Trinajstić information content (AvgIpc) is 2.15. The van der Waals surface area contributed by atoms with E-state index < -0.39 is 39.6 Å². The van der Waals surface area contributed by atoms with Crippen molar-refractivity contribution in [2.75, 3.05) is 12.4 Å². The molecule has 0 heterocycles. The van der Waals surface area contributed by atoms with Crippen LogP contribution in [0, 0.1) is 21.7 Å². The number of benzene rings is 1. The predicted octanol–water partition coefficient (Wildman–Crippen LogP) is 1.84. The van der Waals surface area contributed by atoms with Crippen molar-refractivity contribution in [2.24, 2.45) is 0 Å². The van der Waals surface area contributed by atoms with Crippen molar-refractivity contribution >= 4 is 17.3 Å². The number of anilines is 1. The number of carbonyl (C=O) groups is 1. The molecule has 0 bridgehead atoms. The molecule has 0 fully saturated rings. The fourth-order valence-corrected chi connectivity index (χ4v) is 1.24. The summed E-state index contributed by atoms with van der Waals surface area (Å²) >= 11 is 0. The van der Waals surface area contributed by atoms with Crippen LogP contribution >= 0.6 is 0 Å². The maximum atomic E-state index is 13.5. The second kappa shape index (κ2) is 4.73. The van der Waals surface area contributed by atoms with Crippen molar-refractivity contribution in [1.29, 1.82) is 0 Å². The molecule has 0 saturated heterocycles. The van der Waals surface area contributed by atoms with Crippen molar-refractivity contribution in [2.45, 2.75) is 6.92 Å². The molecule has 0 saturated carbocycles. The van der Waals surface area contributed by atoms with Crippen LogP contribution in [0.2, 0.25) is 0 Å². The molecule has 0 radical (unpaired) electrons. The molecule has 92 valence electrons. The Morgan fingerprint density at radius 2 is 2.12 bits per heavy atom. The second-order valence-electron chi connectivity index (χ2n) is 3.04. The molecule has 1 amide bonds. The first-order valence-corrected chi connectivity index (χ1v) is 4.36. The number of amides is 1. The van der Waals surface area contributed by atoms with Gasteiger partial charge in [0.2, 0.25) is 11.7 Å². The highest BCUT2D eigenvalue weighted by molar-refractivity contribution is 5.91. The molecule has 17 heavy (non-hydrogen) atoms. The summed E-state index contributed by atoms with van der Waals surface area (Å²) in [6, 6.07) is 0.626. The van der Waals surface area contributed by atoms with Gasteiger partial charge in [0.15, 0.2) is 11.6 Å². The third-order valence-electron chi connectivity index (χ3n) is 1.85. The molecule has 1 aromatic carbocycles. The van der Waals surface area contributed by atoms with Crippen LogP contribution in [0.15, 0.2) is 6.07 Å². The number of carbonyl (C=O) groups excluding carboxylic acids is 1. The van der Waals surface area contributed by atoms with Crippen molar-refractivity contribution < 1.29 is 23.2 Å². The lowest BCUT2D eigenvalue weighted by molar-refractivity contribution is -0.386. The normalized spacial score (nSPS) is 9.88. The minimum absolute atomic E-state index is 0.557. The van der Waals surface area contributed by atoms with Gasteiger partial charge in [-0.25, -0.2) is 4.39 Å². The van der Waals surface area contributed by atoms with Crippen molar-refractivity contribution in [3.63, 3.8) is 0 Å². The number of nitrogens with zero attached hydrogens (tertiary/aromatic N) is 1. The summed E-state index contributed by atoms with van der Waals surface area (Å²) < 4.78 is 31.2. The highest BCUT2D eigenvalue weighted by Crippen LogP contribution is 2.36. The largest absolute Gasteiger partial charge is 0.491 e. The summed E-state index contributed by atoms with van der Waals surface area (Å²) in [6.45, 7) is 1.06. The van der Waals surface area contributed by atoms with E-state index in [1.165, 1.54) is 0 Å². The lowest BCUT2D eigenvalue weighted by atomic mass is 10.2. The van der Waals surface area contributed by atoms with Crippen LogP contribution in [0.5, 0.6) is 5.75 Å². The second-order valence-corrected chi connectivity index (χ2v) is 3.04. The Kier molecular flexibility index (Phi) is 3.56. The van der Waals surface area contributed by atoms with E-state index in [0.717, 1.165) is 14.0 Å². The van der Waals surface area contributed by atoms with Gasteiger partial charge in [0.05, 0.1) is 12.0 Å². The summed E-state index contributed by atoms with van der Waals surface area (Å²) in [7, 11) is 0.975. The van der Waals surface area contributed by atoms with Gasteiger partial charge >= 0.3 is 5.69 Å². The van der Waals surface area contributed by atoms with Crippen LogP contribution in [0.25, 0.3) is 0 Å². The Morgan fingerprint density at radius 1 is 1.53 bits per heavy atom. The van der Waals surface area contributed by atoms with Crippen LogP contribution in [-0.4, -0.2) is 17.9 Å². The van der Waals surface area contributed by atoms with Gasteiger partial charge in [-0.2, -0.15) is 4.39 Å². The van der Waals surface area contributed by atoms with Crippen LogP contribution in [0.3, 0.4) is 0 Å². The SMILES string of the molecule is COc1c(F)cc(NC(C)=O)c([N+](=O)[O-])c1F. The molecule has 0 unspecified atom stereocenters. The van der Waals surface area contributed by atoms with E-state index in [2.05, 4.69) is 4.74 Å². The minimum atomic E-state index is -1.47. The van der Waals surface area contributed by atoms with Gasteiger partial charge in [-0.15, -0.1) is 0 Å². The topological polar surface area (TPSA) is 81.5 Å². The average molecular weight is 246 g/mol. The lowest BCUT2D eigenvalue weighted by Crippen LogP contribution is -2.10. The van der Waals surface area contributed by atoms with E-state index in [-0.39, 0.29) is 0 Å². The molecule has 0 atom stereocenters.